The molecule has 1 fully saturated rings. The van der Waals surface area contributed by atoms with Gasteiger partial charge in [0.15, 0.2) is 0 Å². The van der Waals surface area contributed by atoms with Crippen LogP contribution in [0.5, 0.6) is 0 Å². The molecule has 3 rings (SSSR count). The molecule has 1 aliphatic heterocycles. The summed E-state index contributed by atoms with van der Waals surface area (Å²) >= 11 is 1.46. The number of aromatic nitrogens is 1. The summed E-state index contributed by atoms with van der Waals surface area (Å²) in [6.45, 7) is 1.15. The Kier molecular flexibility index (Phi) is 3.70. The van der Waals surface area contributed by atoms with Gasteiger partial charge in [-0.15, -0.1) is 11.3 Å². The minimum atomic E-state index is -0.314. The zero-order valence-electron chi connectivity index (χ0n) is 11.4. The monoisotopic (exact) mass is 301 g/mol. The SMILES string of the molecule is NC(=O)CC1CN(C(=O)c2ncsc2-c2ccccc2)C1. The van der Waals surface area contributed by atoms with Crippen LogP contribution in [0, 0.1) is 5.92 Å². The van der Waals surface area contributed by atoms with Gasteiger partial charge in [-0.2, -0.15) is 0 Å². The summed E-state index contributed by atoms with van der Waals surface area (Å²) in [5.41, 5.74) is 8.34. The Hall–Kier alpha value is -2.21. The van der Waals surface area contributed by atoms with Crippen molar-refractivity contribution in [1.82, 2.24) is 9.88 Å². The largest absolute Gasteiger partial charge is 0.370 e. The van der Waals surface area contributed by atoms with Gasteiger partial charge in [-0.1, -0.05) is 30.3 Å². The Morgan fingerprint density at radius 1 is 1.29 bits per heavy atom. The predicted molar refractivity (Wildman–Crippen MR) is 80.8 cm³/mol. The maximum Gasteiger partial charge on any atom is 0.273 e. The molecule has 0 saturated carbocycles. The van der Waals surface area contributed by atoms with Crippen LogP contribution in [0.1, 0.15) is 16.9 Å². The van der Waals surface area contributed by atoms with Gasteiger partial charge in [0.2, 0.25) is 5.91 Å². The van der Waals surface area contributed by atoms with Crippen LogP contribution in [0.15, 0.2) is 35.8 Å². The fourth-order valence-electron chi connectivity index (χ4n) is 2.49. The Morgan fingerprint density at radius 3 is 2.67 bits per heavy atom. The van der Waals surface area contributed by atoms with Gasteiger partial charge in [-0.05, 0) is 5.56 Å². The summed E-state index contributed by atoms with van der Waals surface area (Å²) in [7, 11) is 0. The fraction of sp³-hybridized carbons (Fsp3) is 0.267. The summed E-state index contributed by atoms with van der Waals surface area (Å²) in [5, 5.41) is 0. The topological polar surface area (TPSA) is 76.3 Å². The Balaban J connectivity index is 1.73. The van der Waals surface area contributed by atoms with Crippen LogP contribution in [0.4, 0.5) is 0 Å². The molecule has 2 N–H and O–H groups in total. The maximum atomic E-state index is 12.5. The number of rotatable bonds is 4. The average molecular weight is 301 g/mol. The van der Waals surface area contributed by atoms with Crippen molar-refractivity contribution in [3.05, 3.63) is 41.5 Å². The molecular weight excluding hydrogens is 286 g/mol. The van der Waals surface area contributed by atoms with Gasteiger partial charge < -0.3 is 10.6 Å². The molecule has 108 valence electrons. The number of nitrogens with zero attached hydrogens (tertiary/aromatic N) is 2. The van der Waals surface area contributed by atoms with Gasteiger partial charge in [-0.3, -0.25) is 9.59 Å². The van der Waals surface area contributed by atoms with Crippen molar-refractivity contribution in [2.45, 2.75) is 6.42 Å². The number of thiazole rings is 1. The van der Waals surface area contributed by atoms with Crippen LogP contribution in [-0.4, -0.2) is 34.8 Å². The molecule has 2 heterocycles. The van der Waals surface area contributed by atoms with Gasteiger partial charge in [-0.25, -0.2) is 4.98 Å². The Labute approximate surface area is 126 Å². The number of hydrogen-bond donors (Lipinski definition) is 1. The van der Waals surface area contributed by atoms with E-state index in [2.05, 4.69) is 4.98 Å². The lowest BCUT2D eigenvalue weighted by molar-refractivity contribution is -0.119. The molecule has 0 atom stereocenters. The highest BCUT2D eigenvalue weighted by molar-refractivity contribution is 7.13. The van der Waals surface area contributed by atoms with E-state index in [0.717, 1.165) is 10.4 Å². The van der Waals surface area contributed by atoms with Crippen molar-refractivity contribution < 1.29 is 9.59 Å². The second-order valence-corrected chi connectivity index (χ2v) is 6.00. The molecule has 1 aliphatic rings. The summed E-state index contributed by atoms with van der Waals surface area (Å²) in [6.07, 6.45) is 0.340. The van der Waals surface area contributed by atoms with Crippen molar-refractivity contribution in [3.8, 4) is 10.4 Å². The van der Waals surface area contributed by atoms with Crippen LogP contribution in [-0.2, 0) is 4.79 Å². The van der Waals surface area contributed by atoms with E-state index in [1.54, 1.807) is 10.4 Å². The highest BCUT2D eigenvalue weighted by atomic mass is 32.1. The van der Waals surface area contributed by atoms with E-state index in [4.69, 9.17) is 5.73 Å². The minimum Gasteiger partial charge on any atom is -0.370 e. The molecule has 21 heavy (non-hydrogen) atoms. The van der Waals surface area contributed by atoms with Gasteiger partial charge in [0.1, 0.15) is 5.69 Å². The lowest BCUT2D eigenvalue weighted by Gasteiger charge is -2.38. The molecule has 0 aliphatic carbocycles. The quantitative estimate of drug-likeness (QED) is 0.935. The van der Waals surface area contributed by atoms with E-state index in [0.29, 0.717) is 25.2 Å². The first kappa shape index (κ1) is 13.8. The third-order valence-electron chi connectivity index (χ3n) is 3.54. The van der Waals surface area contributed by atoms with E-state index in [1.165, 1.54) is 11.3 Å². The molecule has 1 aromatic heterocycles. The molecule has 0 bridgehead atoms. The van der Waals surface area contributed by atoms with E-state index < -0.39 is 0 Å². The van der Waals surface area contributed by atoms with Crippen molar-refractivity contribution in [3.63, 3.8) is 0 Å². The standard InChI is InChI=1S/C15H15N3O2S/c16-12(19)6-10-7-18(8-10)15(20)13-14(21-9-17-13)11-4-2-1-3-5-11/h1-5,9-10H,6-8H2,(H2,16,19). The third kappa shape index (κ3) is 2.80. The van der Waals surface area contributed by atoms with E-state index in [-0.39, 0.29) is 17.7 Å². The molecule has 1 saturated heterocycles. The highest BCUT2D eigenvalue weighted by Gasteiger charge is 2.34. The number of primary amides is 1. The first-order chi connectivity index (χ1) is 10.1. The van der Waals surface area contributed by atoms with Crippen molar-refractivity contribution in [2.75, 3.05) is 13.1 Å². The van der Waals surface area contributed by atoms with E-state index in [1.807, 2.05) is 30.3 Å². The molecule has 5 nitrogen and oxygen atoms in total. The Bertz CT molecular complexity index is 663. The molecule has 6 heteroatoms. The van der Waals surface area contributed by atoms with Crippen LogP contribution in [0.2, 0.25) is 0 Å². The first-order valence-electron chi connectivity index (χ1n) is 6.71. The lowest BCUT2D eigenvalue weighted by Crippen LogP contribution is -2.51. The molecule has 2 aromatic rings. The number of amides is 2. The zero-order valence-corrected chi connectivity index (χ0v) is 12.2. The number of likely N-dealkylation sites (tertiary alicyclic amines) is 1. The van der Waals surface area contributed by atoms with Crippen LogP contribution >= 0.6 is 11.3 Å². The van der Waals surface area contributed by atoms with Crippen LogP contribution in [0.25, 0.3) is 10.4 Å². The number of carbonyl (C=O) groups is 2. The summed E-state index contributed by atoms with van der Waals surface area (Å²) in [5.74, 6) is -0.202. The summed E-state index contributed by atoms with van der Waals surface area (Å²) < 4.78 is 0. The van der Waals surface area contributed by atoms with E-state index in [9.17, 15) is 9.59 Å². The maximum absolute atomic E-state index is 12.5. The second-order valence-electron chi connectivity index (χ2n) is 5.14. The average Bonchev–Trinajstić information content (AvgIpc) is 2.92. The van der Waals surface area contributed by atoms with Gasteiger partial charge in [0.25, 0.3) is 5.91 Å². The predicted octanol–water partition coefficient (Wildman–Crippen LogP) is 1.76. The number of carbonyl (C=O) groups excluding carboxylic acids is 2. The minimum absolute atomic E-state index is 0.0733. The summed E-state index contributed by atoms with van der Waals surface area (Å²) in [4.78, 5) is 30.1. The Morgan fingerprint density at radius 2 is 2.00 bits per heavy atom. The van der Waals surface area contributed by atoms with Crippen molar-refractivity contribution in [2.24, 2.45) is 11.7 Å². The van der Waals surface area contributed by atoms with Gasteiger partial charge in [0.05, 0.1) is 10.4 Å². The molecular formula is C15H15N3O2S. The second kappa shape index (κ2) is 5.65. The first-order valence-corrected chi connectivity index (χ1v) is 7.59. The fourth-order valence-corrected chi connectivity index (χ4v) is 3.28. The van der Waals surface area contributed by atoms with Crippen LogP contribution < -0.4 is 5.73 Å². The van der Waals surface area contributed by atoms with Crippen molar-refractivity contribution >= 4 is 23.2 Å². The molecule has 0 radical (unpaired) electrons. The molecule has 2 amide bonds. The molecule has 1 aromatic carbocycles. The highest BCUT2D eigenvalue weighted by Crippen LogP contribution is 2.30. The van der Waals surface area contributed by atoms with Crippen molar-refractivity contribution in [1.29, 1.82) is 0 Å². The van der Waals surface area contributed by atoms with Crippen LogP contribution in [0.3, 0.4) is 0 Å². The molecule has 0 unspecified atom stereocenters. The van der Waals surface area contributed by atoms with E-state index >= 15 is 0 Å². The zero-order chi connectivity index (χ0) is 14.8. The number of benzene rings is 1. The van der Waals surface area contributed by atoms with Gasteiger partial charge >= 0.3 is 0 Å². The molecule has 0 spiro atoms. The third-order valence-corrected chi connectivity index (χ3v) is 4.42. The lowest BCUT2D eigenvalue weighted by atomic mass is 9.95. The van der Waals surface area contributed by atoms with Gasteiger partial charge in [0, 0.05) is 25.4 Å². The number of nitrogens with two attached hydrogens (primary N) is 1. The number of hydrogen-bond acceptors (Lipinski definition) is 4. The summed E-state index contributed by atoms with van der Waals surface area (Å²) in [6, 6.07) is 9.76. The smallest absolute Gasteiger partial charge is 0.273 e. The normalized spacial score (nSPS) is 14.8.